The van der Waals surface area contributed by atoms with Crippen molar-refractivity contribution in [3.8, 4) is 11.5 Å². The molecule has 1 fully saturated rings. The third-order valence-corrected chi connectivity index (χ3v) is 5.05. The minimum absolute atomic E-state index is 0. The lowest BCUT2D eigenvalue weighted by atomic mass is 10.1. The maximum absolute atomic E-state index is 6.28. The van der Waals surface area contributed by atoms with Crippen LogP contribution in [0.4, 0.5) is 0 Å². The van der Waals surface area contributed by atoms with Gasteiger partial charge >= 0.3 is 0 Å². The average Bonchev–Trinajstić information content (AvgIpc) is 3.15. The molecule has 0 heterocycles. The number of thioether (sulfide) groups is 1. The third kappa shape index (κ3) is 7.42. The van der Waals surface area contributed by atoms with E-state index in [9.17, 15) is 0 Å². The lowest BCUT2D eigenvalue weighted by molar-refractivity contribution is 0.198. The Morgan fingerprint density at radius 3 is 2.69 bits per heavy atom. The number of benzene rings is 1. The molecule has 1 aliphatic carbocycles. The van der Waals surface area contributed by atoms with Crippen LogP contribution in [0.25, 0.3) is 0 Å². The highest BCUT2D eigenvalue weighted by Gasteiger charge is 2.20. The van der Waals surface area contributed by atoms with Crippen molar-refractivity contribution in [1.29, 1.82) is 0 Å². The van der Waals surface area contributed by atoms with Crippen molar-refractivity contribution in [2.75, 3.05) is 32.7 Å². The summed E-state index contributed by atoms with van der Waals surface area (Å²) in [6.07, 6.45) is 8.31. The summed E-state index contributed by atoms with van der Waals surface area (Å²) in [5.74, 6) is 3.63. The minimum Gasteiger partial charge on any atom is -0.493 e. The van der Waals surface area contributed by atoms with Crippen LogP contribution in [0.5, 0.6) is 11.5 Å². The molecule has 0 bridgehead atoms. The predicted molar refractivity (Wildman–Crippen MR) is 122 cm³/mol. The van der Waals surface area contributed by atoms with Crippen LogP contribution in [0.3, 0.4) is 0 Å². The normalized spacial score (nSPS) is 14.7. The van der Waals surface area contributed by atoms with Gasteiger partial charge in [0.1, 0.15) is 0 Å². The van der Waals surface area contributed by atoms with Crippen molar-refractivity contribution in [3.05, 3.63) is 23.8 Å². The number of hydrogen-bond acceptors (Lipinski definition) is 4. The average molecular weight is 493 g/mol. The second-order valence-corrected chi connectivity index (χ2v) is 7.16. The summed E-state index contributed by atoms with van der Waals surface area (Å²) < 4.78 is 11.8. The van der Waals surface area contributed by atoms with E-state index >= 15 is 0 Å². The molecule has 1 saturated carbocycles. The van der Waals surface area contributed by atoms with Gasteiger partial charge in [-0.1, -0.05) is 12.1 Å². The van der Waals surface area contributed by atoms with Gasteiger partial charge in [0.05, 0.1) is 13.2 Å². The summed E-state index contributed by atoms with van der Waals surface area (Å²) in [5, 5.41) is 6.72. The Bertz CT molecular complexity index is 552. The molecule has 0 atom stereocenters. The van der Waals surface area contributed by atoms with Crippen LogP contribution in [0.2, 0.25) is 0 Å². The van der Waals surface area contributed by atoms with Crippen LogP contribution in [0, 0.1) is 0 Å². The Morgan fingerprint density at radius 2 is 2.04 bits per heavy atom. The van der Waals surface area contributed by atoms with E-state index in [2.05, 4.69) is 27.9 Å². The van der Waals surface area contributed by atoms with E-state index in [0.717, 1.165) is 54.6 Å². The van der Waals surface area contributed by atoms with Gasteiger partial charge in [-0.2, -0.15) is 11.8 Å². The Hall–Kier alpha value is -0.830. The minimum atomic E-state index is 0. The zero-order valence-electron chi connectivity index (χ0n) is 16.0. The highest BCUT2D eigenvalue weighted by Crippen LogP contribution is 2.34. The van der Waals surface area contributed by atoms with Crippen LogP contribution in [-0.2, 0) is 6.54 Å². The summed E-state index contributed by atoms with van der Waals surface area (Å²) >= 11 is 1.86. The highest BCUT2D eigenvalue weighted by molar-refractivity contribution is 14.0. The standard InChI is InChI=1S/C19H31N3O2S.HI/c1-20-19(21-12-7-13-25-3)22-14-15-8-6-11-17(23-2)18(15)24-16-9-4-5-10-16;/h6,8,11,16H,4-5,7,9-10,12-14H2,1-3H3,(H2,20,21,22);1H. The summed E-state index contributed by atoms with van der Waals surface area (Å²) in [6, 6.07) is 6.05. The van der Waals surface area contributed by atoms with E-state index < -0.39 is 0 Å². The van der Waals surface area contributed by atoms with Crippen molar-refractivity contribution in [2.24, 2.45) is 4.99 Å². The van der Waals surface area contributed by atoms with Crippen LogP contribution >= 0.6 is 35.7 Å². The molecular weight excluding hydrogens is 461 g/mol. The quantitative estimate of drug-likeness (QED) is 0.235. The Kier molecular flexibility index (Phi) is 11.9. The fourth-order valence-corrected chi connectivity index (χ4v) is 3.42. The van der Waals surface area contributed by atoms with Crippen molar-refractivity contribution >= 4 is 41.7 Å². The second-order valence-electron chi connectivity index (χ2n) is 6.17. The molecule has 0 radical (unpaired) electrons. The van der Waals surface area contributed by atoms with Crippen LogP contribution in [0.1, 0.15) is 37.7 Å². The van der Waals surface area contributed by atoms with E-state index in [-0.39, 0.29) is 24.0 Å². The second kappa shape index (κ2) is 13.4. The molecule has 1 aromatic rings. The largest absolute Gasteiger partial charge is 0.493 e. The number of guanidine groups is 1. The molecule has 2 rings (SSSR count). The fourth-order valence-electron chi connectivity index (χ4n) is 2.99. The number of ether oxygens (including phenoxy) is 2. The van der Waals surface area contributed by atoms with Gasteiger partial charge in [0.2, 0.25) is 0 Å². The summed E-state index contributed by atoms with van der Waals surface area (Å²) in [7, 11) is 3.49. The maximum Gasteiger partial charge on any atom is 0.191 e. The predicted octanol–water partition coefficient (Wildman–Crippen LogP) is 4.05. The first kappa shape index (κ1) is 23.2. The SMILES string of the molecule is CN=C(NCCCSC)NCc1cccc(OC)c1OC1CCCC1.I. The van der Waals surface area contributed by atoms with Crippen LogP contribution < -0.4 is 20.1 Å². The Morgan fingerprint density at radius 1 is 1.27 bits per heavy atom. The number of aliphatic imine (C=N–C) groups is 1. The Labute approximate surface area is 179 Å². The van der Waals surface area contributed by atoms with Gasteiger partial charge in [-0.25, -0.2) is 0 Å². The van der Waals surface area contributed by atoms with Crippen molar-refractivity contribution in [1.82, 2.24) is 10.6 Å². The van der Waals surface area contributed by atoms with Crippen molar-refractivity contribution < 1.29 is 9.47 Å². The molecule has 2 N–H and O–H groups in total. The van der Waals surface area contributed by atoms with Gasteiger partial charge in [0.15, 0.2) is 17.5 Å². The number of nitrogens with one attached hydrogen (secondary N) is 2. The lowest BCUT2D eigenvalue weighted by Gasteiger charge is -2.20. The van der Waals surface area contributed by atoms with E-state index in [4.69, 9.17) is 9.47 Å². The van der Waals surface area contributed by atoms with Gasteiger partial charge < -0.3 is 20.1 Å². The Balaban J connectivity index is 0.00000338. The molecule has 1 aliphatic rings. The molecule has 0 saturated heterocycles. The molecule has 0 unspecified atom stereocenters. The van der Waals surface area contributed by atoms with Crippen LogP contribution in [-0.4, -0.2) is 44.8 Å². The highest BCUT2D eigenvalue weighted by atomic mass is 127. The lowest BCUT2D eigenvalue weighted by Crippen LogP contribution is -2.37. The monoisotopic (exact) mass is 493 g/mol. The molecule has 0 aliphatic heterocycles. The number of methoxy groups -OCH3 is 1. The molecule has 26 heavy (non-hydrogen) atoms. The first-order valence-corrected chi connectivity index (χ1v) is 10.4. The summed E-state index contributed by atoms with van der Waals surface area (Å²) in [6.45, 7) is 1.57. The van der Waals surface area contributed by atoms with Crippen LogP contribution in [0.15, 0.2) is 23.2 Å². The fraction of sp³-hybridized carbons (Fsp3) is 0.632. The summed E-state index contributed by atoms with van der Waals surface area (Å²) in [5.41, 5.74) is 1.10. The van der Waals surface area contributed by atoms with Crippen molar-refractivity contribution in [3.63, 3.8) is 0 Å². The molecular formula is C19H32IN3O2S. The number of halogens is 1. The smallest absolute Gasteiger partial charge is 0.191 e. The number of para-hydroxylation sites is 1. The number of rotatable bonds is 9. The summed E-state index contributed by atoms with van der Waals surface area (Å²) in [4.78, 5) is 4.29. The van der Waals surface area contributed by atoms with E-state index in [1.54, 1.807) is 14.2 Å². The molecule has 0 spiro atoms. The van der Waals surface area contributed by atoms with Gasteiger partial charge in [-0.15, -0.1) is 24.0 Å². The van der Waals surface area contributed by atoms with Crippen molar-refractivity contribution in [2.45, 2.75) is 44.8 Å². The van der Waals surface area contributed by atoms with E-state index in [0.29, 0.717) is 12.6 Å². The molecule has 0 aromatic heterocycles. The molecule has 1 aromatic carbocycles. The number of hydrogen-bond donors (Lipinski definition) is 2. The topological polar surface area (TPSA) is 54.9 Å². The molecule has 148 valence electrons. The third-order valence-electron chi connectivity index (χ3n) is 4.35. The zero-order valence-corrected chi connectivity index (χ0v) is 19.2. The van der Waals surface area contributed by atoms with Gasteiger partial charge in [0.25, 0.3) is 0 Å². The molecule has 5 nitrogen and oxygen atoms in total. The first-order valence-electron chi connectivity index (χ1n) is 9.04. The molecule has 0 amide bonds. The van der Waals surface area contributed by atoms with E-state index in [1.807, 2.05) is 23.9 Å². The first-order chi connectivity index (χ1) is 12.3. The van der Waals surface area contributed by atoms with Gasteiger partial charge in [-0.05, 0) is 50.2 Å². The zero-order chi connectivity index (χ0) is 17.9. The van der Waals surface area contributed by atoms with Gasteiger partial charge in [-0.3, -0.25) is 4.99 Å². The maximum atomic E-state index is 6.28. The van der Waals surface area contributed by atoms with Gasteiger partial charge in [0, 0.05) is 25.7 Å². The van der Waals surface area contributed by atoms with E-state index in [1.165, 1.54) is 12.8 Å². The number of nitrogens with zero attached hydrogens (tertiary/aromatic N) is 1. The molecule has 7 heteroatoms.